The van der Waals surface area contributed by atoms with Crippen LogP contribution >= 0.6 is 22.9 Å². The van der Waals surface area contributed by atoms with Crippen LogP contribution < -0.4 is 10.6 Å². The van der Waals surface area contributed by atoms with Gasteiger partial charge in [0.05, 0.1) is 26.2 Å². The van der Waals surface area contributed by atoms with Crippen molar-refractivity contribution in [3.8, 4) is 10.6 Å². The van der Waals surface area contributed by atoms with Crippen molar-refractivity contribution in [2.75, 3.05) is 31.3 Å². The number of ether oxygens (including phenoxy) is 1. The first kappa shape index (κ1) is 26.4. The molecule has 0 bridgehead atoms. The van der Waals surface area contributed by atoms with Crippen molar-refractivity contribution in [3.63, 3.8) is 0 Å². The second-order valence-corrected chi connectivity index (χ2v) is 12.6. The number of benzene rings is 1. The smallest absolute Gasteiger partial charge is 0.381 e. The Labute approximate surface area is 221 Å². The van der Waals surface area contributed by atoms with Crippen LogP contribution in [0.5, 0.6) is 0 Å². The summed E-state index contributed by atoms with van der Waals surface area (Å²) < 4.78 is 72.5. The van der Waals surface area contributed by atoms with E-state index in [1.54, 1.807) is 0 Å². The lowest BCUT2D eigenvalue weighted by Crippen LogP contribution is -2.23. The standard InChI is InChI=1S/C24H24ClF3N4O3S2/c1-37(33,34)20-10-19(36-22(20)13-3-6-35-7-4-13)21-16(24(26,27)28)12-30-23(32-21)31-18-9-14-2-5-29-11-15(14)8-17(18)25/h8-10,12-13,29H,2-7,11H2,1H3,(H,30,31,32). The fraction of sp³-hybridized carbons (Fsp3) is 0.417. The highest BCUT2D eigenvalue weighted by Crippen LogP contribution is 2.45. The van der Waals surface area contributed by atoms with Gasteiger partial charge in [0.2, 0.25) is 5.95 Å². The molecule has 2 N–H and O–H groups in total. The molecule has 0 unspecified atom stereocenters. The molecule has 13 heteroatoms. The maximum atomic E-state index is 14.0. The predicted molar refractivity (Wildman–Crippen MR) is 136 cm³/mol. The van der Waals surface area contributed by atoms with Crippen LogP contribution in [0, 0.1) is 0 Å². The number of hydrogen-bond donors (Lipinski definition) is 2. The van der Waals surface area contributed by atoms with Crippen molar-refractivity contribution in [2.45, 2.75) is 42.8 Å². The quantitative estimate of drug-likeness (QED) is 0.413. The lowest BCUT2D eigenvalue weighted by molar-refractivity contribution is -0.137. The minimum atomic E-state index is -4.74. The zero-order valence-electron chi connectivity index (χ0n) is 19.8. The summed E-state index contributed by atoms with van der Waals surface area (Å²) in [6.45, 7) is 2.43. The summed E-state index contributed by atoms with van der Waals surface area (Å²) in [5.74, 6) is -0.185. The SMILES string of the molecule is CS(=O)(=O)c1cc(-c2nc(Nc3cc4c(cc3Cl)CNCC4)ncc2C(F)(F)F)sc1C1CCOCC1. The van der Waals surface area contributed by atoms with Crippen molar-refractivity contribution in [3.05, 3.63) is 51.0 Å². The maximum Gasteiger partial charge on any atom is 0.420 e. The second kappa shape index (κ2) is 10.1. The van der Waals surface area contributed by atoms with E-state index in [0.717, 1.165) is 47.9 Å². The molecule has 0 spiro atoms. The van der Waals surface area contributed by atoms with Crippen LogP contribution in [0.3, 0.4) is 0 Å². The molecule has 1 aromatic carbocycles. The van der Waals surface area contributed by atoms with Crippen LogP contribution in [0.2, 0.25) is 5.02 Å². The molecule has 2 aromatic heterocycles. The van der Waals surface area contributed by atoms with Gasteiger partial charge in [-0.1, -0.05) is 11.6 Å². The van der Waals surface area contributed by atoms with Crippen LogP contribution in [0.4, 0.5) is 24.8 Å². The summed E-state index contributed by atoms with van der Waals surface area (Å²) in [4.78, 5) is 8.80. The van der Waals surface area contributed by atoms with E-state index in [0.29, 0.717) is 48.2 Å². The van der Waals surface area contributed by atoms with Gasteiger partial charge in [0, 0.05) is 37.1 Å². The van der Waals surface area contributed by atoms with E-state index in [4.69, 9.17) is 16.3 Å². The van der Waals surface area contributed by atoms with Crippen molar-refractivity contribution in [2.24, 2.45) is 0 Å². The number of fused-ring (bicyclic) bond motifs is 1. The molecule has 198 valence electrons. The maximum absolute atomic E-state index is 14.0. The molecule has 7 nitrogen and oxygen atoms in total. The van der Waals surface area contributed by atoms with Gasteiger partial charge in [-0.05, 0) is 61.1 Å². The Bertz CT molecular complexity index is 1440. The molecule has 0 atom stereocenters. The van der Waals surface area contributed by atoms with Gasteiger partial charge >= 0.3 is 6.18 Å². The van der Waals surface area contributed by atoms with Gasteiger partial charge in [0.1, 0.15) is 5.56 Å². The molecule has 0 amide bonds. The third-order valence-corrected chi connectivity index (χ3v) is 9.35. The highest BCUT2D eigenvalue weighted by Gasteiger charge is 2.37. The topological polar surface area (TPSA) is 93.2 Å². The van der Waals surface area contributed by atoms with Crippen LogP contribution in [0.1, 0.15) is 40.3 Å². The molecule has 4 heterocycles. The predicted octanol–water partition coefficient (Wildman–Crippen LogP) is 5.56. The Morgan fingerprint density at radius 3 is 2.65 bits per heavy atom. The van der Waals surface area contributed by atoms with Crippen molar-refractivity contribution in [1.29, 1.82) is 0 Å². The van der Waals surface area contributed by atoms with Gasteiger partial charge in [-0.3, -0.25) is 0 Å². The molecule has 1 saturated heterocycles. The average Bonchev–Trinajstić information content (AvgIpc) is 3.31. The Morgan fingerprint density at radius 1 is 1.19 bits per heavy atom. The Morgan fingerprint density at radius 2 is 1.95 bits per heavy atom. The normalized spacial score (nSPS) is 17.0. The van der Waals surface area contributed by atoms with E-state index in [9.17, 15) is 21.6 Å². The fourth-order valence-corrected chi connectivity index (χ4v) is 7.57. The molecule has 37 heavy (non-hydrogen) atoms. The highest BCUT2D eigenvalue weighted by molar-refractivity contribution is 7.91. The molecule has 2 aliphatic heterocycles. The first-order chi connectivity index (χ1) is 17.5. The largest absolute Gasteiger partial charge is 0.420 e. The highest BCUT2D eigenvalue weighted by atomic mass is 35.5. The van der Waals surface area contributed by atoms with Crippen LogP contribution in [0.25, 0.3) is 10.6 Å². The number of aromatic nitrogens is 2. The number of alkyl halides is 3. The Hall–Kier alpha value is -2.25. The van der Waals surface area contributed by atoms with E-state index < -0.39 is 21.6 Å². The van der Waals surface area contributed by atoms with Gasteiger partial charge in [-0.25, -0.2) is 18.4 Å². The number of sulfone groups is 1. The molecule has 0 aliphatic carbocycles. The number of halogens is 4. The Kier molecular flexibility index (Phi) is 7.22. The summed E-state index contributed by atoms with van der Waals surface area (Å²) in [5, 5.41) is 6.61. The van der Waals surface area contributed by atoms with E-state index in [-0.39, 0.29) is 27.3 Å². The van der Waals surface area contributed by atoms with E-state index in [1.165, 1.54) is 6.07 Å². The zero-order valence-corrected chi connectivity index (χ0v) is 22.2. The fourth-order valence-electron chi connectivity index (χ4n) is 4.60. The molecular weight excluding hydrogens is 549 g/mol. The van der Waals surface area contributed by atoms with Crippen LogP contribution in [-0.2, 0) is 33.7 Å². The van der Waals surface area contributed by atoms with E-state index in [1.807, 2.05) is 12.1 Å². The van der Waals surface area contributed by atoms with Gasteiger partial charge in [-0.15, -0.1) is 11.3 Å². The average molecular weight is 573 g/mol. The van der Waals surface area contributed by atoms with E-state index in [2.05, 4.69) is 20.6 Å². The third-order valence-electron chi connectivity index (χ3n) is 6.47. The summed E-state index contributed by atoms with van der Waals surface area (Å²) in [7, 11) is -3.68. The number of nitrogens with zero attached hydrogens (tertiary/aromatic N) is 2. The summed E-state index contributed by atoms with van der Waals surface area (Å²) in [6.07, 6.45) is -0.978. The molecule has 3 aromatic rings. The third kappa shape index (κ3) is 5.63. The van der Waals surface area contributed by atoms with Gasteiger partial charge in [0.15, 0.2) is 9.84 Å². The number of hydrogen-bond acceptors (Lipinski definition) is 8. The van der Waals surface area contributed by atoms with Crippen LogP contribution in [0.15, 0.2) is 29.3 Å². The summed E-state index contributed by atoms with van der Waals surface area (Å²) >= 11 is 7.46. The lowest BCUT2D eigenvalue weighted by atomic mass is 9.98. The molecule has 0 radical (unpaired) electrons. The minimum Gasteiger partial charge on any atom is -0.381 e. The van der Waals surface area contributed by atoms with Gasteiger partial charge in [0.25, 0.3) is 0 Å². The number of nitrogens with one attached hydrogen (secondary N) is 2. The molecule has 1 fully saturated rings. The first-order valence-electron chi connectivity index (χ1n) is 11.7. The molecule has 5 rings (SSSR count). The first-order valence-corrected chi connectivity index (χ1v) is 14.7. The van der Waals surface area contributed by atoms with Crippen LogP contribution in [-0.4, -0.2) is 44.4 Å². The van der Waals surface area contributed by atoms with Crippen molar-refractivity contribution in [1.82, 2.24) is 15.3 Å². The van der Waals surface area contributed by atoms with Crippen molar-refractivity contribution < 1.29 is 26.3 Å². The molecular formula is C24H24ClF3N4O3S2. The molecule has 0 saturated carbocycles. The lowest BCUT2D eigenvalue weighted by Gasteiger charge is -2.21. The van der Waals surface area contributed by atoms with Gasteiger partial charge < -0.3 is 15.4 Å². The minimum absolute atomic E-state index is 0.0342. The number of rotatable bonds is 5. The Balaban J connectivity index is 1.58. The molecule has 2 aliphatic rings. The second-order valence-electron chi connectivity index (χ2n) is 9.10. The number of thiophene rings is 1. The van der Waals surface area contributed by atoms with Gasteiger partial charge in [-0.2, -0.15) is 13.2 Å². The summed E-state index contributed by atoms with van der Waals surface area (Å²) in [6, 6.07) is 4.97. The van der Waals surface area contributed by atoms with E-state index >= 15 is 0 Å². The zero-order chi connectivity index (χ0) is 26.4. The number of anilines is 2. The monoisotopic (exact) mass is 572 g/mol. The summed E-state index contributed by atoms with van der Waals surface area (Å²) in [5.41, 5.74) is 1.20. The van der Waals surface area contributed by atoms with Crippen molar-refractivity contribution >= 4 is 44.4 Å².